The predicted octanol–water partition coefficient (Wildman–Crippen LogP) is 1.27. The Hall–Kier alpha value is -0.420. The second kappa shape index (κ2) is 5.17. The van der Waals surface area contributed by atoms with Gasteiger partial charge >= 0.3 is 0 Å². The summed E-state index contributed by atoms with van der Waals surface area (Å²) in [5.41, 5.74) is 0. The quantitative estimate of drug-likeness (QED) is 0.719. The smallest absolute Gasteiger partial charge is 0.161 e. The van der Waals surface area contributed by atoms with Crippen molar-refractivity contribution < 1.29 is 14.2 Å². The number of rotatable bonds is 3. The standard InChI is InChI=1S/C15H23NO3/c1-2-12-7-11(1)8-14(12)15-18-10-13(19-15)9-16-3-5-17-6-4-16/h1-2,11-15H,3-10H2/t11-,12-,13-,14+,15-/m0/s1. The van der Waals surface area contributed by atoms with Crippen molar-refractivity contribution in [3.05, 3.63) is 12.2 Å². The highest BCUT2D eigenvalue weighted by atomic mass is 16.7. The van der Waals surface area contributed by atoms with E-state index in [1.54, 1.807) is 0 Å². The molecule has 4 heteroatoms. The fourth-order valence-electron chi connectivity index (χ4n) is 4.00. The zero-order valence-electron chi connectivity index (χ0n) is 11.4. The molecule has 0 aromatic carbocycles. The van der Waals surface area contributed by atoms with Crippen LogP contribution in [0.4, 0.5) is 0 Å². The number of hydrogen-bond acceptors (Lipinski definition) is 4. The Labute approximate surface area is 114 Å². The third kappa shape index (κ3) is 2.47. The van der Waals surface area contributed by atoms with Gasteiger partial charge in [0.1, 0.15) is 0 Å². The minimum atomic E-state index is 0.0472. The minimum absolute atomic E-state index is 0.0472. The fraction of sp³-hybridized carbons (Fsp3) is 0.867. The van der Waals surface area contributed by atoms with E-state index in [9.17, 15) is 0 Å². The molecule has 0 spiro atoms. The number of hydrogen-bond donors (Lipinski definition) is 0. The number of ether oxygens (including phenoxy) is 3. The van der Waals surface area contributed by atoms with E-state index >= 15 is 0 Å². The van der Waals surface area contributed by atoms with Gasteiger partial charge in [0.2, 0.25) is 0 Å². The van der Waals surface area contributed by atoms with Gasteiger partial charge in [-0.25, -0.2) is 0 Å². The second-order valence-corrected chi connectivity index (χ2v) is 6.32. The molecule has 0 N–H and O–H groups in total. The van der Waals surface area contributed by atoms with Crippen LogP contribution in [-0.4, -0.2) is 56.7 Å². The first-order valence-electron chi connectivity index (χ1n) is 7.64. The van der Waals surface area contributed by atoms with Crippen molar-refractivity contribution in [1.82, 2.24) is 4.90 Å². The zero-order chi connectivity index (χ0) is 12.7. The minimum Gasteiger partial charge on any atom is -0.379 e. The summed E-state index contributed by atoms with van der Waals surface area (Å²) in [5.74, 6) is 2.10. The van der Waals surface area contributed by atoms with Gasteiger partial charge in [-0.1, -0.05) is 12.2 Å². The number of morpholine rings is 1. The molecule has 0 amide bonds. The van der Waals surface area contributed by atoms with Crippen LogP contribution >= 0.6 is 0 Å². The van der Waals surface area contributed by atoms with Gasteiger partial charge in [-0.3, -0.25) is 4.90 Å². The monoisotopic (exact) mass is 265 g/mol. The first-order valence-corrected chi connectivity index (χ1v) is 7.64. The van der Waals surface area contributed by atoms with E-state index in [4.69, 9.17) is 14.2 Å². The molecule has 1 saturated carbocycles. The third-order valence-corrected chi connectivity index (χ3v) is 5.02. The van der Waals surface area contributed by atoms with Crippen LogP contribution < -0.4 is 0 Å². The topological polar surface area (TPSA) is 30.9 Å². The Balaban J connectivity index is 1.29. The molecular formula is C15H23NO3. The fourth-order valence-corrected chi connectivity index (χ4v) is 4.00. The van der Waals surface area contributed by atoms with Crippen LogP contribution in [0.5, 0.6) is 0 Å². The van der Waals surface area contributed by atoms with Crippen molar-refractivity contribution in [2.75, 3.05) is 39.5 Å². The predicted molar refractivity (Wildman–Crippen MR) is 70.7 cm³/mol. The molecule has 106 valence electrons. The molecule has 2 aliphatic carbocycles. The summed E-state index contributed by atoms with van der Waals surface area (Å²) in [6.45, 7) is 5.53. The SMILES string of the molecule is C1=C[C@H]2C[C@H]1C[C@H]2[C@H]1OC[C@H](CN2CCOCC2)O1. The summed E-state index contributed by atoms with van der Waals surface area (Å²) < 4.78 is 17.5. The van der Waals surface area contributed by atoms with Crippen LogP contribution in [-0.2, 0) is 14.2 Å². The average molecular weight is 265 g/mol. The first-order chi connectivity index (χ1) is 9.38. The molecule has 2 aliphatic heterocycles. The largest absolute Gasteiger partial charge is 0.379 e. The Morgan fingerprint density at radius 1 is 1.11 bits per heavy atom. The molecule has 0 unspecified atom stereocenters. The summed E-state index contributed by atoms with van der Waals surface area (Å²) in [5, 5.41) is 0. The lowest BCUT2D eigenvalue weighted by molar-refractivity contribution is -0.107. The molecule has 2 heterocycles. The lowest BCUT2D eigenvalue weighted by atomic mass is 9.93. The lowest BCUT2D eigenvalue weighted by Gasteiger charge is -2.29. The molecule has 2 saturated heterocycles. The molecule has 0 aromatic rings. The van der Waals surface area contributed by atoms with Gasteiger partial charge < -0.3 is 14.2 Å². The molecule has 19 heavy (non-hydrogen) atoms. The van der Waals surface area contributed by atoms with Crippen molar-refractivity contribution in [1.29, 1.82) is 0 Å². The number of nitrogens with zero attached hydrogens (tertiary/aromatic N) is 1. The van der Waals surface area contributed by atoms with Gasteiger partial charge in [-0.2, -0.15) is 0 Å². The third-order valence-electron chi connectivity index (χ3n) is 5.02. The Morgan fingerprint density at radius 3 is 2.74 bits per heavy atom. The summed E-state index contributed by atoms with van der Waals surface area (Å²) in [6.07, 6.45) is 7.64. The molecule has 2 bridgehead atoms. The zero-order valence-corrected chi connectivity index (χ0v) is 11.4. The van der Waals surface area contributed by atoms with Gasteiger partial charge in [-0.05, 0) is 24.7 Å². The van der Waals surface area contributed by atoms with Gasteiger partial charge in [0.15, 0.2) is 6.29 Å². The number of allylic oxidation sites excluding steroid dienone is 2. The summed E-state index contributed by atoms with van der Waals surface area (Å²) in [7, 11) is 0. The molecular weight excluding hydrogens is 242 g/mol. The highest BCUT2D eigenvalue weighted by Crippen LogP contribution is 2.46. The Morgan fingerprint density at radius 2 is 2.00 bits per heavy atom. The van der Waals surface area contributed by atoms with E-state index in [1.807, 2.05) is 0 Å². The average Bonchev–Trinajstić information content (AvgIpc) is 3.15. The van der Waals surface area contributed by atoms with Crippen molar-refractivity contribution >= 4 is 0 Å². The van der Waals surface area contributed by atoms with Crippen molar-refractivity contribution in [3.8, 4) is 0 Å². The normalized spacial score (nSPS) is 46.2. The van der Waals surface area contributed by atoms with Crippen LogP contribution in [0.2, 0.25) is 0 Å². The van der Waals surface area contributed by atoms with E-state index < -0.39 is 0 Å². The van der Waals surface area contributed by atoms with E-state index in [0.717, 1.165) is 45.4 Å². The van der Waals surface area contributed by atoms with Crippen LogP contribution in [0.1, 0.15) is 12.8 Å². The molecule has 0 radical (unpaired) electrons. The summed E-state index contributed by atoms with van der Waals surface area (Å²) in [4.78, 5) is 2.43. The van der Waals surface area contributed by atoms with Gasteiger partial charge in [0, 0.05) is 25.6 Å². The molecule has 0 aromatic heterocycles. The maximum Gasteiger partial charge on any atom is 0.161 e. The molecule has 4 nitrogen and oxygen atoms in total. The molecule has 3 fully saturated rings. The van der Waals surface area contributed by atoms with Gasteiger partial charge in [0.05, 0.1) is 25.9 Å². The van der Waals surface area contributed by atoms with E-state index in [0.29, 0.717) is 11.8 Å². The second-order valence-electron chi connectivity index (χ2n) is 6.32. The Bertz CT molecular complexity index is 353. The van der Waals surface area contributed by atoms with Gasteiger partial charge in [-0.15, -0.1) is 0 Å². The van der Waals surface area contributed by atoms with Crippen molar-refractivity contribution in [2.24, 2.45) is 17.8 Å². The van der Waals surface area contributed by atoms with Crippen LogP contribution in [0.3, 0.4) is 0 Å². The van der Waals surface area contributed by atoms with Crippen LogP contribution in [0.25, 0.3) is 0 Å². The highest BCUT2D eigenvalue weighted by molar-refractivity contribution is 5.11. The highest BCUT2D eigenvalue weighted by Gasteiger charge is 2.44. The van der Waals surface area contributed by atoms with Crippen LogP contribution in [0.15, 0.2) is 12.2 Å². The number of fused-ring (bicyclic) bond motifs is 2. The first kappa shape index (κ1) is 12.3. The molecule has 4 rings (SSSR count). The maximum absolute atomic E-state index is 6.16. The van der Waals surface area contributed by atoms with Crippen LogP contribution in [0, 0.1) is 17.8 Å². The van der Waals surface area contributed by atoms with Crippen molar-refractivity contribution in [2.45, 2.75) is 25.2 Å². The summed E-state index contributed by atoms with van der Waals surface area (Å²) in [6, 6.07) is 0. The maximum atomic E-state index is 6.16. The van der Waals surface area contributed by atoms with E-state index in [1.165, 1.54) is 12.8 Å². The molecule has 4 aliphatic rings. The van der Waals surface area contributed by atoms with Gasteiger partial charge in [0.25, 0.3) is 0 Å². The lowest BCUT2D eigenvalue weighted by Crippen LogP contribution is -2.41. The van der Waals surface area contributed by atoms with E-state index in [-0.39, 0.29) is 12.4 Å². The summed E-state index contributed by atoms with van der Waals surface area (Å²) >= 11 is 0. The Kier molecular flexibility index (Phi) is 3.35. The van der Waals surface area contributed by atoms with Crippen molar-refractivity contribution in [3.63, 3.8) is 0 Å². The van der Waals surface area contributed by atoms with E-state index in [2.05, 4.69) is 17.1 Å². The molecule has 5 atom stereocenters.